The Morgan fingerprint density at radius 1 is 1.55 bits per heavy atom. The van der Waals surface area contributed by atoms with Crippen molar-refractivity contribution in [1.82, 2.24) is 9.38 Å². The van der Waals surface area contributed by atoms with Crippen LogP contribution in [0.4, 0.5) is 0 Å². The zero-order chi connectivity index (χ0) is 7.84. The van der Waals surface area contributed by atoms with Crippen LogP contribution in [0.5, 0.6) is 0 Å². The molecule has 0 unspecified atom stereocenters. The molecule has 0 saturated carbocycles. The summed E-state index contributed by atoms with van der Waals surface area (Å²) in [7, 11) is 0. The predicted octanol–water partition coefficient (Wildman–Crippen LogP) is 1.93. The van der Waals surface area contributed by atoms with Crippen molar-refractivity contribution in [3.8, 4) is 0 Å². The van der Waals surface area contributed by atoms with Crippen molar-refractivity contribution < 1.29 is 0 Å². The van der Waals surface area contributed by atoms with Crippen molar-refractivity contribution in [2.75, 3.05) is 0 Å². The minimum atomic E-state index is 0.760. The van der Waals surface area contributed by atoms with Gasteiger partial charge in [0.05, 0.1) is 0 Å². The van der Waals surface area contributed by atoms with E-state index >= 15 is 0 Å². The molecule has 2 nitrogen and oxygen atoms in total. The molecule has 0 aromatic carbocycles. The normalized spacial score (nSPS) is 10.7. The molecule has 3 heteroatoms. The third kappa shape index (κ3) is 1.12. The van der Waals surface area contributed by atoms with Crippen molar-refractivity contribution in [2.45, 2.75) is 11.9 Å². The molecule has 0 amide bonds. The van der Waals surface area contributed by atoms with Gasteiger partial charge < -0.3 is 4.40 Å². The van der Waals surface area contributed by atoms with Crippen LogP contribution >= 0.6 is 12.6 Å². The van der Waals surface area contributed by atoms with E-state index < -0.39 is 0 Å². The first kappa shape index (κ1) is 6.73. The molecule has 0 aliphatic rings. The molecule has 2 aromatic rings. The third-order valence-electron chi connectivity index (χ3n) is 1.60. The molecule has 2 aromatic heterocycles. The van der Waals surface area contributed by atoms with E-state index in [0.29, 0.717) is 0 Å². The fourth-order valence-corrected chi connectivity index (χ4v) is 1.30. The van der Waals surface area contributed by atoms with Crippen molar-refractivity contribution in [1.29, 1.82) is 0 Å². The van der Waals surface area contributed by atoms with Crippen molar-refractivity contribution in [2.24, 2.45) is 0 Å². The molecular formula is C8H8N2S. The number of aryl methyl sites for hydroxylation is 1. The van der Waals surface area contributed by atoms with Gasteiger partial charge in [-0.2, -0.15) is 0 Å². The number of aromatic nitrogens is 2. The molecule has 0 spiro atoms. The summed E-state index contributed by atoms with van der Waals surface area (Å²) in [5, 5.41) is 0.760. The summed E-state index contributed by atoms with van der Waals surface area (Å²) in [4.78, 5) is 4.20. The average Bonchev–Trinajstić information content (AvgIpc) is 2.27. The Morgan fingerprint density at radius 2 is 2.36 bits per heavy atom. The van der Waals surface area contributed by atoms with E-state index in [0.717, 1.165) is 10.7 Å². The van der Waals surface area contributed by atoms with Crippen molar-refractivity contribution >= 4 is 18.3 Å². The number of hydrogen-bond donors (Lipinski definition) is 1. The van der Waals surface area contributed by atoms with Crippen LogP contribution in [0.2, 0.25) is 0 Å². The Bertz CT molecular complexity index is 392. The third-order valence-corrected chi connectivity index (χ3v) is 1.82. The Balaban J connectivity index is 2.82. The number of fused-ring (bicyclic) bond motifs is 1. The molecule has 0 aliphatic carbocycles. The van der Waals surface area contributed by atoms with Gasteiger partial charge in [-0.05, 0) is 24.6 Å². The fourth-order valence-electron chi connectivity index (χ4n) is 1.07. The van der Waals surface area contributed by atoms with Crippen LogP contribution in [0, 0.1) is 6.92 Å². The van der Waals surface area contributed by atoms with Crippen LogP contribution < -0.4 is 0 Å². The highest BCUT2D eigenvalue weighted by Gasteiger charge is 1.95. The van der Waals surface area contributed by atoms with Gasteiger partial charge in [0.15, 0.2) is 0 Å². The summed E-state index contributed by atoms with van der Waals surface area (Å²) in [6.45, 7) is 2.05. The minimum absolute atomic E-state index is 0.760. The van der Waals surface area contributed by atoms with Gasteiger partial charge >= 0.3 is 0 Å². The second-order valence-corrected chi connectivity index (χ2v) is 3.03. The highest BCUT2D eigenvalue weighted by molar-refractivity contribution is 7.80. The van der Waals surface area contributed by atoms with Gasteiger partial charge in [0.25, 0.3) is 0 Å². The summed E-state index contributed by atoms with van der Waals surface area (Å²) in [5.74, 6) is 0. The van der Waals surface area contributed by atoms with E-state index in [1.165, 1.54) is 5.56 Å². The van der Waals surface area contributed by atoms with Gasteiger partial charge in [-0.3, -0.25) is 0 Å². The zero-order valence-electron chi connectivity index (χ0n) is 6.15. The average molecular weight is 164 g/mol. The second-order valence-electron chi connectivity index (χ2n) is 2.57. The van der Waals surface area contributed by atoms with Crippen LogP contribution in [0.15, 0.2) is 29.6 Å². The molecule has 2 heterocycles. The van der Waals surface area contributed by atoms with Crippen LogP contribution in [0.1, 0.15) is 5.56 Å². The smallest absolute Gasteiger partial charge is 0.138 e. The number of hydrogen-bond acceptors (Lipinski definition) is 2. The number of imidazole rings is 1. The van der Waals surface area contributed by atoms with E-state index in [1.54, 1.807) is 0 Å². The van der Waals surface area contributed by atoms with Gasteiger partial charge in [-0.15, -0.1) is 12.6 Å². The first-order valence-electron chi connectivity index (χ1n) is 3.40. The lowest BCUT2D eigenvalue weighted by molar-refractivity contribution is 1.17. The number of pyridine rings is 1. The molecule has 0 atom stereocenters. The maximum atomic E-state index is 4.20. The molecule has 0 fully saturated rings. The highest BCUT2D eigenvalue weighted by Crippen LogP contribution is 2.09. The summed E-state index contributed by atoms with van der Waals surface area (Å²) >= 11 is 4.15. The number of nitrogens with zero attached hydrogens (tertiary/aromatic N) is 2. The van der Waals surface area contributed by atoms with Gasteiger partial charge in [-0.1, -0.05) is 0 Å². The lowest BCUT2D eigenvalue weighted by Gasteiger charge is -1.92. The summed E-state index contributed by atoms with van der Waals surface area (Å²) < 4.78 is 1.95. The van der Waals surface area contributed by atoms with Gasteiger partial charge in [0.2, 0.25) is 0 Å². The summed E-state index contributed by atoms with van der Waals surface area (Å²) in [5.41, 5.74) is 2.17. The van der Waals surface area contributed by atoms with Gasteiger partial charge in [-0.25, -0.2) is 4.98 Å². The van der Waals surface area contributed by atoms with Gasteiger partial charge in [0, 0.05) is 12.4 Å². The fraction of sp³-hybridized carbons (Fsp3) is 0.125. The predicted molar refractivity (Wildman–Crippen MR) is 47.2 cm³/mol. The largest absolute Gasteiger partial charge is 0.306 e. The van der Waals surface area contributed by atoms with Crippen molar-refractivity contribution in [3.05, 3.63) is 30.1 Å². The van der Waals surface area contributed by atoms with Crippen LogP contribution in [-0.4, -0.2) is 9.38 Å². The summed E-state index contributed by atoms with van der Waals surface area (Å²) in [6.07, 6.45) is 3.87. The Kier molecular flexibility index (Phi) is 1.39. The number of thiol groups is 1. The van der Waals surface area contributed by atoms with Gasteiger partial charge in [0.1, 0.15) is 10.7 Å². The molecule has 0 saturated heterocycles. The molecule has 0 aliphatic heterocycles. The van der Waals surface area contributed by atoms with Crippen LogP contribution in [0.3, 0.4) is 0 Å². The maximum Gasteiger partial charge on any atom is 0.138 e. The second kappa shape index (κ2) is 2.27. The highest BCUT2D eigenvalue weighted by atomic mass is 32.1. The Labute approximate surface area is 70.3 Å². The zero-order valence-corrected chi connectivity index (χ0v) is 7.05. The SMILES string of the molecule is Cc1ccn2cc(S)nc2c1. The monoisotopic (exact) mass is 164 g/mol. The molecule has 0 bridgehead atoms. The van der Waals surface area contributed by atoms with Crippen LogP contribution in [-0.2, 0) is 0 Å². The summed E-state index contributed by atoms with van der Waals surface area (Å²) in [6, 6.07) is 4.07. The first-order chi connectivity index (χ1) is 5.25. The lowest BCUT2D eigenvalue weighted by atomic mass is 10.3. The van der Waals surface area contributed by atoms with E-state index in [2.05, 4.69) is 17.6 Å². The Hall–Kier alpha value is -0.960. The van der Waals surface area contributed by atoms with Crippen LogP contribution in [0.25, 0.3) is 5.65 Å². The molecule has 11 heavy (non-hydrogen) atoms. The van der Waals surface area contributed by atoms with E-state index in [9.17, 15) is 0 Å². The molecular weight excluding hydrogens is 156 g/mol. The Morgan fingerprint density at radius 3 is 3.18 bits per heavy atom. The molecule has 56 valence electrons. The van der Waals surface area contributed by atoms with Crippen molar-refractivity contribution in [3.63, 3.8) is 0 Å². The molecule has 0 N–H and O–H groups in total. The lowest BCUT2D eigenvalue weighted by Crippen LogP contribution is -1.81. The standard InChI is InChI=1S/C8H8N2S/c1-6-2-3-10-5-8(11)9-7(10)4-6/h2-5,11H,1H3. The molecule has 0 radical (unpaired) electrons. The first-order valence-corrected chi connectivity index (χ1v) is 3.85. The van der Waals surface area contributed by atoms with E-state index in [4.69, 9.17) is 0 Å². The number of rotatable bonds is 0. The molecule has 2 rings (SSSR count). The maximum absolute atomic E-state index is 4.20. The van der Waals surface area contributed by atoms with E-state index in [-0.39, 0.29) is 0 Å². The minimum Gasteiger partial charge on any atom is -0.306 e. The van der Waals surface area contributed by atoms with E-state index in [1.807, 2.05) is 35.9 Å². The topological polar surface area (TPSA) is 17.3 Å². The quantitative estimate of drug-likeness (QED) is 0.589.